The van der Waals surface area contributed by atoms with Crippen molar-refractivity contribution in [2.45, 2.75) is 30.8 Å². The molecule has 1 saturated heterocycles. The minimum absolute atomic E-state index is 0.0179. The zero-order chi connectivity index (χ0) is 16.4. The standard InChI is InChI=1S/C15H20F4N2O/c16-14(5-7-21(10-14)9-13(22)4-6-20)11-2-1-3-12(8-11)15(17,18)19/h1-3,8,13,22H,4-7,9-10,20H2/t13-,14?/m1/s1. The summed E-state index contributed by atoms with van der Waals surface area (Å²) in [7, 11) is 0. The van der Waals surface area contributed by atoms with Gasteiger partial charge in [0.25, 0.3) is 0 Å². The van der Waals surface area contributed by atoms with Gasteiger partial charge in [0.1, 0.15) is 5.67 Å². The highest BCUT2D eigenvalue weighted by Crippen LogP contribution is 2.38. The Hall–Kier alpha value is -1.18. The van der Waals surface area contributed by atoms with E-state index in [0.717, 1.165) is 12.1 Å². The first-order chi connectivity index (χ1) is 10.2. The maximum absolute atomic E-state index is 15.0. The van der Waals surface area contributed by atoms with Crippen LogP contribution in [-0.4, -0.2) is 42.3 Å². The third-order valence-corrected chi connectivity index (χ3v) is 3.97. The Labute approximate surface area is 126 Å². The van der Waals surface area contributed by atoms with Gasteiger partial charge in [0, 0.05) is 19.6 Å². The van der Waals surface area contributed by atoms with Crippen molar-refractivity contribution in [2.75, 3.05) is 26.2 Å². The van der Waals surface area contributed by atoms with E-state index in [0.29, 0.717) is 19.5 Å². The second-order valence-electron chi connectivity index (χ2n) is 5.76. The number of hydrogen-bond donors (Lipinski definition) is 2. The number of benzene rings is 1. The summed E-state index contributed by atoms with van der Waals surface area (Å²) in [6.07, 6.45) is -4.60. The second kappa shape index (κ2) is 6.52. The molecule has 2 rings (SSSR count). The minimum atomic E-state index is -4.48. The lowest BCUT2D eigenvalue weighted by atomic mass is 9.93. The predicted octanol–water partition coefficient (Wildman–Crippen LogP) is 2.29. The fraction of sp³-hybridized carbons (Fsp3) is 0.600. The van der Waals surface area contributed by atoms with Crippen LogP contribution >= 0.6 is 0 Å². The second-order valence-corrected chi connectivity index (χ2v) is 5.76. The molecule has 1 aliphatic rings. The van der Waals surface area contributed by atoms with Crippen molar-refractivity contribution >= 4 is 0 Å². The van der Waals surface area contributed by atoms with Crippen molar-refractivity contribution < 1.29 is 22.7 Å². The molecule has 1 aromatic rings. The quantitative estimate of drug-likeness (QED) is 0.819. The smallest absolute Gasteiger partial charge is 0.392 e. The van der Waals surface area contributed by atoms with E-state index in [2.05, 4.69) is 0 Å². The minimum Gasteiger partial charge on any atom is -0.392 e. The Morgan fingerprint density at radius 2 is 2.09 bits per heavy atom. The van der Waals surface area contributed by atoms with E-state index in [-0.39, 0.29) is 25.1 Å². The van der Waals surface area contributed by atoms with Gasteiger partial charge in [-0.1, -0.05) is 12.1 Å². The van der Waals surface area contributed by atoms with E-state index in [4.69, 9.17) is 5.73 Å². The maximum atomic E-state index is 15.0. The van der Waals surface area contributed by atoms with Crippen molar-refractivity contribution in [3.05, 3.63) is 35.4 Å². The Kier molecular flexibility index (Phi) is 5.09. The normalized spacial score (nSPS) is 24.6. The van der Waals surface area contributed by atoms with Crippen molar-refractivity contribution in [1.82, 2.24) is 4.90 Å². The average molecular weight is 320 g/mol. The molecule has 3 N–H and O–H groups in total. The van der Waals surface area contributed by atoms with Crippen molar-refractivity contribution in [2.24, 2.45) is 5.73 Å². The molecule has 1 heterocycles. The topological polar surface area (TPSA) is 49.5 Å². The van der Waals surface area contributed by atoms with Crippen LogP contribution in [-0.2, 0) is 11.8 Å². The summed E-state index contributed by atoms with van der Waals surface area (Å²) in [6, 6.07) is 4.42. The van der Waals surface area contributed by atoms with Crippen LogP contribution in [0.25, 0.3) is 0 Å². The predicted molar refractivity (Wildman–Crippen MR) is 75.0 cm³/mol. The molecule has 7 heteroatoms. The van der Waals surface area contributed by atoms with Crippen LogP contribution in [0, 0.1) is 0 Å². The lowest BCUT2D eigenvalue weighted by Gasteiger charge is -2.23. The van der Waals surface area contributed by atoms with Crippen molar-refractivity contribution in [1.29, 1.82) is 0 Å². The van der Waals surface area contributed by atoms with Crippen LogP contribution in [0.3, 0.4) is 0 Å². The van der Waals surface area contributed by atoms with Gasteiger partial charge in [-0.2, -0.15) is 13.2 Å². The Balaban J connectivity index is 2.09. The largest absolute Gasteiger partial charge is 0.416 e. The van der Waals surface area contributed by atoms with Gasteiger partial charge < -0.3 is 10.8 Å². The van der Waals surface area contributed by atoms with Gasteiger partial charge in [-0.3, -0.25) is 4.90 Å². The van der Waals surface area contributed by atoms with E-state index >= 15 is 0 Å². The van der Waals surface area contributed by atoms with Gasteiger partial charge in [-0.25, -0.2) is 4.39 Å². The molecule has 0 bridgehead atoms. The average Bonchev–Trinajstić information content (AvgIpc) is 2.81. The number of alkyl halides is 4. The highest BCUT2D eigenvalue weighted by atomic mass is 19.4. The van der Waals surface area contributed by atoms with Crippen LogP contribution in [0.15, 0.2) is 24.3 Å². The summed E-state index contributed by atoms with van der Waals surface area (Å²) in [6.45, 7) is 0.996. The number of rotatable bonds is 5. The van der Waals surface area contributed by atoms with Crippen LogP contribution in [0.2, 0.25) is 0 Å². The SMILES string of the molecule is NCC[C@@H](O)CN1CCC(F)(c2cccc(C(F)(F)F)c2)C1. The molecular formula is C15H20F4N2O. The number of aliphatic hydroxyl groups is 1. The van der Waals surface area contributed by atoms with Crippen LogP contribution < -0.4 is 5.73 Å². The number of halogens is 4. The van der Waals surface area contributed by atoms with E-state index in [1.165, 1.54) is 12.1 Å². The van der Waals surface area contributed by atoms with Gasteiger partial charge in [-0.05, 0) is 37.1 Å². The highest BCUT2D eigenvalue weighted by molar-refractivity contribution is 5.31. The number of nitrogens with zero attached hydrogens (tertiary/aromatic N) is 1. The fourth-order valence-electron chi connectivity index (χ4n) is 2.80. The molecule has 1 unspecified atom stereocenters. The molecule has 0 aliphatic carbocycles. The zero-order valence-electron chi connectivity index (χ0n) is 12.1. The van der Waals surface area contributed by atoms with E-state index in [1.54, 1.807) is 4.90 Å². The zero-order valence-corrected chi connectivity index (χ0v) is 12.1. The molecule has 0 aromatic heterocycles. The van der Waals surface area contributed by atoms with Crippen molar-refractivity contribution in [3.8, 4) is 0 Å². The monoisotopic (exact) mass is 320 g/mol. The van der Waals surface area contributed by atoms with Crippen LogP contribution in [0.5, 0.6) is 0 Å². The molecule has 0 spiro atoms. The Bertz CT molecular complexity index is 509. The molecule has 1 aliphatic heterocycles. The Morgan fingerprint density at radius 1 is 1.36 bits per heavy atom. The van der Waals surface area contributed by atoms with Crippen LogP contribution in [0.4, 0.5) is 17.6 Å². The first-order valence-corrected chi connectivity index (χ1v) is 7.22. The lowest BCUT2D eigenvalue weighted by molar-refractivity contribution is -0.137. The third kappa shape index (κ3) is 3.97. The van der Waals surface area contributed by atoms with E-state index < -0.39 is 23.5 Å². The van der Waals surface area contributed by atoms with E-state index in [1.807, 2.05) is 0 Å². The summed E-state index contributed by atoms with van der Waals surface area (Å²) in [5.74, 6) is 0. The van der Waals surface area contributed by atoms with E-state index in [9.17, 15) is 22.7 Å². The maximum Gasteiger partial charge on any atom is 0.416 e. The third-order valence-electron chi connectivity index (χ3n) is 3.97. The van der Waals surface area contributed by atoms with Crippen LogP contribution in [0.1, 0.15) is 24.0 Å². The first-order valence-electron chi connectivity index (χ1n) is 7.22. The molecule has 0 radical (unpaired) electrons. The molecule has 0 amide bonds. The number of nitrogens with two attached hydrogens (primary N) is 1. The molecule has 0 saturated carbocycles. The van der Waals surface area contributed by atoms with Gasteiger partial charge in [0.2, 0.25) is 0 Å². The van der Waals surface area contributed by atoms with Gasteiger partial charge >= 0.3 is 6.18 Å². The van der Waals surface area contributed by atoms with Gasteiger partial charge in [0.05, 0.1) is 11.7 Å². The molecular weight excluding hydrogens is 300 g/mol. The molecule has 1 fully saturated rings. The lowest BCUT2D eigenvalue weighted by Crippen LogP contribution is -2.34. The molecule has 1 aromatic carbocycles. The number of hydrogen-bond acceptors (Lipinski definition) is 3. The molecule has 22 heavy (non-hydrogen) atoms. The Morgan fingerprint density at radius 3 is 2.73 bits per heavy atom. The number of likely N-dealkylation sites (tertiary alicyclic amines) is 1. The summed E-state index contributed by atoms with van der Waals surface area (Å²) < 4.78 is 53.2. The van der Waals surface area contributed by atoms with Gasteiger partial charge in [0.15, 0.2) is 0 Å². The first kappa shape index (κ1) is 17.2. The summed E-state index contributed by atoms with van der Waals surface area (Å²) in [4.78, 5) is 1.72. The summed E-state index contributed by atoms with van der Waals surface area (Å²) in [5, 5.41) is 9.71. The highest BCUT2D eigenvalue weighted by Gasteiger charge is 2.41. The summed E-state index contributed by atoms with van der Waals surface area (Å²) in [5.41, 5.74) is 2.73. The summed E-state index contributed by atoms with van der Waals surface area (Å²) >= 11 is 0. The fourth-order valence-corrected chi connectivity index (χ4v) is 2.80. The van der Waals surface area contributed by atoms with Crippen molar-refractivity contribution in [3.63, 3.8) is 0 Å². The number of β-amino-alcohol motifs (C(OH)–C–C–N with tert-alkyl or cyclic N) is 1. The van der Waals surface area contributed by atoms with Gasteiger partial charge in [-0.15, -0.1) is 0 Å². The molecule has 124 valence electrons. The molecule has 3 nitrogen and oxygen atoms in total. The molecule has 2 atom stereocenters. The number of aliphatic hydroxyl groups excluding tert-OH is 1.